The molecule has 9 amide bonds. The zero-order valence-corrected chi connectivity index (χ0v) is 48.2. The number of nitrogens with one attached hydrogen (secondary N) is 5. The summed E-state index contributed by atoms with van der Waals surface area (Å²) in [6, 6.07) is 8.22. The maximum absolute atomic E-state index is 15.7. The number of nitrogens with zero attached hydrogens (tertiary/aromatic N) is 4. The van der Waals surface area contributed by atoms with E-state index in [1.165, 1.54) is 22.8 Å². The number of hydrogen-bond acceptors (Lipinski definition) is 15. The molecule has 1 aliphatic carbocycles. The minimum absolute atomic E-state index is 0.00162. The number of cyclic esters (lactones) is 1. The highest BCUT2D eigenvalue weighted by Crippen LogP contribution is 2.46. The maximum Gasteiger partial charge on any atom is 0.343 e. The summed E-state index contributed by atoms with van der Waals surface area (Å²) < 4.78 is 28.4. The largest absolute Gasteiger partial charge is 0.458 e. The van der Waals surface area contributed by atoms with Gasteiger partial charge in [0.15, 0.2) is 5.60 Å². The van der Waals surface area contributed by atoms with Crippen molar-refractivity contribution in [1.29, 1.82) is 0 Å². The van der Waals surface area contributed by atoms with Crippen molar-refractivity contribution in [2.75, 3.05) is 39.3 Å². The predicted octanol–water partition coefficient (Wildman–Crippen LogP) is 1.47. The zero-order chi connectivity index (χ0) is 61.5. The smallest absolute Gasteiger partial charge is 0.343 e. The number of rotatable bonds is 26. The summed E-state index contributed by atoms with van der Waals surface area (Å²) >= 11 is 0. The third-order valence-electron chi connectivity index (χ3n) is 15.5. The number of primary amides is 1. The molecule has 8 N–H and O–H groups in total. The lowest BCUT2D eigenvalue weighted by Crippen LogP contribution is -2.54. The van der Waals surface area contributed by atoms with Gasteiger partial charge < -0.3 is 56.4 Å². The summed E-state index contributed by atoms with van der Waals surface area (Å²) in [7, 11) is 0. The number of amides is 9. The minimum Gasteiger partial charge on any atom is -0.458 e. The normalized spacial score (nSPS) is 17.3. The van der Waals surface area contributed by atoms with E-state index >= 15 is 4.39 Å². The van der Waals surface area contributed by atoms with Crippen LogP contribution in [0.25, 0.3) is 22.3 Å². The highest BCUT2D eigenvalue weighted by molar-refractivity contribution is 6.12. The van der Waals surface area contributed by atoms with Crippen molar-refractivity contribution in [3.8, 4) is 11.4 Å². The van der Waals surface area contributed by atoms with E-state index < -0.39 is 108 Å². The summed E-state index contributed by atoms with van der Waals surface area (Å²) in [5.74, 6) is -6.88. The summed E-state index contributed by atoms with van der Waals surface area (Å²) in [4.78, 5) is 151. The topological polar surface area (TPSA) is 337 Å². The van der Waals surface area contributed by atoms with Crippen LogP contribution in [0.2, 0.25) is 0 Å². The van der Waals surface area contributed by atoms with Gasteiger partial charge in [-0.1, -0.05) is 43.7 Å². The van der Waals surface area contributed by atoms with Crippen molar-refractivity contribution in [3.63, 3.8) is 0 Å². The van der Waals surface area contributed by atoms with Gasteiger partial charge in [-0.3, -0.25) is 52.8 Å². The van der Waals surface area contributed by atoms with Crippen molar-refractivity contribution in [1.82, 2.24) is 45.9 Å². The van der Waals surface area contributed by atoms with Crippen molar-refractivity contribution < 1.29 is 66.9 Å². The van der Waals surface area contributed by atoms with Crippen LogP contribution in [0.3, 0.4) is 0 Å². The standard InChI is InChI=1S/C60H71FN10O14/c1-6-60(83)38-25-44-54-36(29-71(44)56(80)37(38)31-84-58(60)82)53-40(19-18-35-33(2)39(61)26-41(67-54)52(35)53)68-55(79)43(32-85-59(3,4)5)66-47(74)17-13-22-69(30-45(62)72)57(81)42(24-34-14-9-7-10-15-34)65-49(76)28-64-48(75)27-63-46(73)16-11-8-12-23-70-50(77)20-21-51(70)78/h7,9-10,14-15,20-21,25-26,40,42-43,83H,6,8,11-13,16-19,22-24,27-32H2,1-5H3,(H2,62,72)(H,63,73)(H,64,75)(H,65,76)(H,66,74)(H,68,79)/t40-,42-,43-,60-/m0/s1. The summed E-state index contributed by atoms with van der Waals surface area (Å²) in [6.07, 6.45) is 4.17. The summed E-state index contributed by atoms with van der Waals surface area (Å²) in [5, 5.41) is 25.5. The molecule has 2 aromatic heterocycles. The van der Waals surface area contributed by atoms with Crippen molar-refractivity contribution in [2.24, 2.45) is 5.73 Å². The first kappa shape index (κ1) is 62.3. The van der Waals surface area contributed by atoms with Gasteiger partial charge in [-0.15, -0.1) is 0 Å². The number of aliphatic hydroxyl groups is 1. The molecule has 0 saturated carbocycles. The van der Waals surface area contributed by atoms with Crippen LogP contribution < -0.4 is 37.9 Å². The summed E-state index contributed by atoms with van der Waals surface area (Å²) in [6.45, 7) is 6.38. The molecule has 0 bridgehead atoms. The monoisotopic (exact) mass is 1170 g/mol. The van der Waals surface area contributed by atoms with Gasteiger partial charge >= 0.3 is 5.97 Å². The highest BCUT2D eigenvalue weighted by atomic mass is 19.1. The molecule has 0 unspecified atom stereocenters. The molecular weight excluding hydrogens is 1100 g/mol. The third-order valence-corrected chi connectivity index (χ3v) is 15.5. The highest BCUT2D eigenvalue weighted by Gasteiger charge is 2.46. The molecule has 24 nitrogen and oxygen atoms in total. The molecule has 8 rings (SSSR count). The first-order valence-electron chi connectivity index (χ1n) is 28.4. The number of halogens is 1. The van der Waals surface area contributed by atoms with Gasteiger partial charge in [0.25, 0.3) is 17.4 Å². The number of benzene rings is 2. The van der Waals surface area contributed by atoms with Crippen molar-refractivity contribution in [3.05, 3.63) is 110 Å². The molecule has 0 radical (unpaired) electrons. The Morgan fingerprint density at radius 1 is 0.882 bits per heavy atom. The number of ether oxygens (including phenoxy) is 2. The van der Waals surface area contributed by atoms with E-state index in [9.17, 15) is 57.8 Å². The number of carbonyl (C=O) groups is 10. The van der Waals surface area contributed by atoms with Gasteiger partial charge in [-0.05, 0) is 94.5 Å². The molecule has 25 heteroatoms. The minimum atomic E-state index is -2.09. The third kappa shape index (κ3) is 14.5. The lowest BCUT2D eigenvalue weighted by molar-refractivity contribution is -0.172. The fraction of sp³-hybridized carbons (Fsp3) is 0.467. The summed E-state index contributed by atoms with van der Waals surface area (Å²) in [5.41, 5.74) is 6.24. The van der Waals surface area contributed by atoms with Gasteiger partial charge in [0.2, 0.25) is 41.4 Å². The molecule has 0 fully saturated rings. The quantitative estimate of drug-likeness (QED) is 0.0234. The molecule has 5 heterocycles. The Hall–Kier alpha value is -8.71. The predicted molar refractivity (Wildman–Crippen MR) is 303 cm³/mol. The van der Waals surface area contributed by atoms with Crippen LogP contribution in [0.4, 0.5) is 4.39 Å². The van der Waals surface area contributed by atoms with Crippen LogP contribution in [-0.2, 0) is 89.0 Å². The fourth-order valence-electron chi connectivity index (χ4n) is 11.0. The van der Waals surface area contributed by atoms with Gasteiger partial charge in [0, 0.05) is 67.1 Å². The number of aromatic nitrogens is 2. The average Bonchev–Trinajstić information content (AvgIpc) is 1.70. The first-order chi connectivity index (χ1) is 40.4. The van der Waals surface area contributed by atoms with Crippen LogP contribution in [0.15, 0.2) is 59.4 Å². The van der Waals surface area contributed by atoms with Crippen LogP contribution in [0, 0.1) is 12.7 Å². The molecule has 0 spiro atoms. The Morgan fingerprint density at radius 2 is 1.56 bits per heavy atom. The molecule has 2 aromatic carbocycles. The zero-order valence-electron chi connectivity index (χ0n) is 48.2. The maximum atomic E-state index is 15.7. The van der Waals surface area contributed by atoms with Crippen LogP contribution in [0.5, 0.6) is 0 Å². The average molecular weight is 1180 g/mol. The SMILES string of the molecule is CC[C@@]1(O)C(=O)OCc2c1cc1n(c2=O)Cc2c-1nc1cc(F)c(C)c3c1c2[C@@H](NC(=O)[C@H](COC(C)(C)C)NC(=O)CCCN(CC(N)=O)C(=O)[C@H](Cc1ccccc1)NC(=O)CNC(=O)CNC(=O)CCCCCN1C(=O)C=CC1=O)CC3. The van der Waals surface area contributed by atoms with E-state index in [2.05, 4.69) is 26.6 Å². The number of aryl methyl sites for hydroxylation is 1. The second-order valence-electron chi connectivity index (χ2n) is 22.6. The second-order valence-corrected chi connectivity index (χ2v) is 22.6. The van der Waals surface area contributed by atoms with Gasteiger partial charge in [0.05, 0.1) is 66.9 Å². The Labute approximate surface area is 488 Å². The van der Waals surface area contributed by atoms with E-state index in [1.54, 1.807) is 71.0 Å². The Bertz CT molecular complexity index is 3430. The van der Waals surface area contributed by atoms with Crippen LogP contribution in [-0.4, -0.2) is 141 Å². The molecule has 4 aliphatic rings. The van der Waals surface area contributed by atoms with Gasteiger partial charge in [-0.2, -0.15) is 0 Å². The number of unbranched alkanes of at least 4 members (excludes halogenated alkanes) is 2. The van der Waals surface area contributed by atoms with E-state index in [-0.39, 0.29) is 99.8 Å². The lowest BCUT2D eigenvalue weighted by atomic mass is 9.81. The number of fused-ring (bicyclic) bond motifs is 5. The van der Waals surface area contributed by atoms with Crippen LogP contribution >= 0.6 is 0 Å². The van der Waals surface area contributed by atoms with Gasteiger partial charge in [-0.25, -0.2) is 14.2 Å². The van der Waals surface area contributed by atoms with E-state index in [0.29, 0.717) is 70.3 Å². The van der Waals surface area contributed by atoms with Crippen LogP contribution in [0.1, 0.15) is 124 Å². The molecule has 85 heavy (non-hydrogen) atoms. The Kier molecular flexibility index (Phi) is 19.4. The number of pyridine rings is 2. The molecule has 3 aliphatic heterocycles. The van der Waals surface area contributed by atoms with Gasteiger partial charge in [0.1, 0.15) is 24.5 Å². The number of hydrogen-bond donors (Lipinski definition) is 7. The number of nitrogens with two attached hydrogens (primary N) is 1. The fourth-order valence-corrected chi connectivity index (χ4v) is 11.0. The Morgan fingerprint density at radius 3 is 2.26 bits per heavy atom. The first-order valence-corrected chi connectivity index (χ1v) is 28.4. The number of carbonyl (C=O) groups excluding carboxylic acids is 10. The molecule has 4 aromatic rings. The second kappa shape index (κ2) is 26.5. The molecular formula is C60H71FN10O14. The molecule has 452 valence electrons. The van der Waals surface area contributed by atoms with Crippen molar-refractivity contribution >= 4 is 70.0 Å². The van der Waals surface area contributed by atoms with Crippen molar-refractivity contribution in [2.45, 2.75) is 141 Å². The Balaban J connectivity index is 0.914. The van der Waals surface area contributed by atoms with E-state index in [4.69, 9.17) is 20.2 Å². The van der Waals surface area contributed by atoms with E-state index in [1.807, 2.05) is 0 Å². The number of imide groups is 1. The number of esters is 1. The molecule has 0 saturated heterocycles. The lowest BCUT2D eigenvalue weighted by Gasteiger charge is -2.32. The molecule has 4 atom stereocenters. The van der Waals surface area contributed by atoms with E-state index in [0.717, 1.165) is 9.80 Å².